The zero-order valence-corrected chi connectivity index (χ0v) is 13.6. The quantitative estimate of drug-likeness (QED) is 0.811. The third-order valence-electron chi connectivity index (χ3n) is 3.54. The Morgan fingerprint density at radius 2 is 1.86 bits per heavy atom. The molecule has 1 heterocycles. The van der Waals surface area contributed by atoms with Crippen molar-refractivity contribution >= 4 is 29.3 Å². The lowest BCUT2D eigenvalue weighted by Gasteiger charge is -2.34. The first-order chi connectivity index (χ1) is 10.2. The second-order valence-electron chi connectivity index (χ2n) is 5.00. The van der Waals surface area contributed by atoms with Gasteiger partial charge < -0.3 is 10.0 Å². The van der Waals surface area contributed by atoms with Gasteiger partial charge in [-0.15, -0.1) is 11.8 Å². The second-order valence-corrected chi connectivity index (χ2v) is 6.60. The van der Waals surface area contributed by atoms with Gasteiger partial charge in [0.05, 0.1) is 6.61 Å². The molecule has 1 N–H and O–H groups in total. The van der Waals surface area contributed by atoms with Crippen LogP contribution in [-0.4, -0.2) is 65.9 Å². The summed E-state index contributed by atoms with van der Waals surface area (Å²) in [4.78, 5) is 17.4. The van der Waals surface area contributed by atoms with Crippen molar-refractivity contribution in [2.75, 3.05) is 45.1 Å². The van der Waals surface area contributed by atoms with E-state index in [1.807, 2.05) is 29.2 Å². The van der Waals surface area contributed by atoms with Crippen molar-refractivity contribution in [1.29, 1.82) is 0 Å². The summed E-state index contributed by atoms with van der Waals surface area (Å²) in [5.41, 5.74) is 0. The predicted octanol–water partition coefficient (Wildman–Crippen LogP) is 1.96. The molecule has 1 aromatic rings. The maximum absolute atomic E-state index is 12.1. The molecule has 0 radical (unpaired) electrons. The fraction of sp³-hybridized carbons (Fsp3) is 0.533. The van der Waals surface area contributed by atoms with Crippen LogP contribution in [0.2, 0.25) is 5.02 Å². The number of carbonyl (C=O) groups excluding carboxylic acids is 1. The molecule has 1 amide bonds. The van der Waals surface area contributed by atoms with Gasteiger partial charge in [0.25, 0.3) is 0 Å². The maximum atomic E-state index is 12.1. The molecule has 2 rings (SSSR count). The Hall–Kier alpha value is -0.750. The second kappa shape index (κ2) is 8.63. The first kappa shape index (κ1) is 16.6. The fourth-order valence-electron chi connectivity index (χ4n) is 2.31. The topological polar surface area (TPSA) is 43.8 Å². The van der Waals surface area contributed by atoms with E-state index < -0.39 is 0 Å². The van der Waals surface area contributed by atoms with Crippen LogP contribution in [0.1, 0.15) is 6.42 Å². The minimum atomic E-state index is 0.186. The van der Waals surface area contributed by atoms with Crippen LogP contribution in [0.25, 0.3) is 0 Å². The van der Waals surface area contributed by atoms with Crippen LogP contribution >= 0.6 is 23.4 Å². The highest BCUT2D eigenvalue weighted by molar-refractivity contribution is 7.99. The van der Waals surface area contributed by atoms with Gasteiger partial charge in [-0.3, -0.25) is 9.69 Å². The van der Waals surface area contributed by atoms with E-state index in [0.717, 1.165) is 41.8 Å². The zero-order valence-electron chi connectivity index (χ0n) is 12.0. The molecule has 0 aliphatic carbocycles. The molecule has 6 heteroatoms. The number of halogens is 1. The highest BCUT2D eigenvalue weighted by Crippen LogP contribution is 2.21. The fourth-order valence-corrected chi connectivity index (χ4v) is 3.27. The van der Waals surface area contributed by atoms with Gasteiger partial charge >= 0.3 is 0 Å². The molecule has 0 spiro atoms. The molecular weight excluding hydrogens is 308 g/mol. The maximum Gasteiger partial charge on any atom is 0.223 e. The summed E-state index contributed by atoms with van der Waals surface area (Å²) >= 11 is 7.52. The third kappa shape index (κ3) is 5.51. The van der Waals surface area contributed by atoms with Gasteiger partial charge in [0, 0.05) is 54.8 Å². The molecule has 21 heavy (non-hydrogen) atoms. The van der Waals surface area contributed by atoms with Gasteiger partial charge in [0.2, 0.25) is 5.91 Å². The van der Waals surface area contributed by atoms with Crippen LogP contribution < -0.4 is 0 Å². The first-order valence-corrected chi connectivity index (χ1v) is 8.55. The molecule has 1 aliphatic heterocycles. The summed E-state index contributed by atoms with van der Waals surface area (Å²) in [7, 11) is 0. The van der Waals surface area contributed by atoms with E-state index in [4.69, 9.17) is 16.7 Å². The van der Waals surface area contributed by atoms with E-state index in [1.54, 1.807) is 11.8 Å². The minimum absolute atomic E-state index is 0.186. The van der Waals surface area contributed by atoms with Gasteiger partial charge in [-0.25, -0.2) is 0 Å². The largest absolute Gasteiger partial charge is 0.395 e. The number of piperazine rings is 1. The average Bonchev–Trinajstić information content (AvgIpc) is 2.50. The van der Waals surface area contributed by atoms with Crippen LogP contribution in [0.15, 0.2) is 29.2 Å². The number of amides is 1. The molecule has 1 fully saturated rings. The van der Waals surface area contributed by atoms with E-state index in [0.29, 0.717) is 13.0 Å². The number of benzene rings is 1. The lowest BCUT2D eigenvalue weighted by molar-refractivity contribution is -0.132. The first-order valence-electron chi connectivity index (χ1n) is 7.18. The molecular formula is C15H21ClN2O2S. The summed E-state index contributed by atoms with van der Waals surface area (Å²) in [5, 5.41) is 9.63. The molecule has 4 nitrogen and oxygen atoms in total. The Balaban J connectivity index is 1.67. The number of nitrogens with zero attached hydrogens (tertiary/aromatic N) is 2. The predicted molar refractivity (Wildman–Crippen MR) is 86.9 cm³/mol. The molecule has 0 saturated carbocycles. The van der Waals surface area contributed by atoms with Crippen LogP contribution in [0.3, 0.4) is 0 Å². The normalized spacial score (nSPS) is 16.2. The monoisotopic (exact) mass is 328 g/mol. The number of carbonyl (C=O) groups is 1. The Labute approximate surface area is 135 Å². The van der Waals surface area contributed by atoms with E-state index in [9.17, 15) is 4.79 Å². The Kier molecular flexibility index (Phi) is 6.83. The molecule has 0 unspecified atom stereocenters. The zero-order chi connectivity index (χ0) is 15.1. The minimum Gasteiger partial charge on any atom is -0.395 e. The Bertz CT molecular complexity index is 447. The van der Waals surface area contributed by atoms with Gasteiger partial charge in [-0.1, -0.05) is 11.6 Å². The summed E-state index contributed by atoms with van der Waals surface area (Å²) in [6.07, 6.45) is 0.563. The van der Waals surface area contributed by atoms with E-state index in [2.05, 4.69) is 4.90 Å². The highest BCUT2D eigenvalue weighted by atomic mass is 35.5. The highest BCUT2D eigenvalue weighted by Gasteiger charge is 2.20. The summed E-state index contributed by atoms with van der Waals surface area (Å²) in [5.74, 6) is 1.01. The summed E-state index contributed by atoms with van der Waals surface area (Å²) < 4.78 is 0. The van der Waals surface area contributed by atoms with E-state index in [1.165, 1.54) is 0 Å². The number of β-amino-alcohol motifs (C(OH)–C–C–N with tert-alkyl or cyclic N) is 1. The van der Waals surface area contributed by atoms with Crippen molar-refractivity contribution in [1.82, 2.24) is 9.80 Å². The number of rotatable bonds is 6. The number of aliphatic hydroxyl groups is 1. The summed E-state index contributed by atoms with van der Waals surface area (Å²) in [6.45, 7) is 4.14. The molecule has 1 aliphatic rings. The number of hydrogen-bond donors (Lipinski definition) is 1. The molecule has 0 bridgehead atoms. The van der Waals surface area contributed by atoms with Crippen LogP contribution in [0.5, 0.6) is 0 Å². The van der Waals surface area contributed by atoms with Crippen molar-refractivity contribution in [3.05, 3.63) is 29.3 Å². The average molecular weight is 329 g/mol. The van der Waals surface area contributed by atoms with Gasteiger partial charge in [-0.2, -0.15) is 0 Å². The Morgan fingerprint density at radius 3 is 2.48 bits per heavy atom. The lowest BCUT2D eigenvalue weighted by atomic mass is 10.3. The molecule has 0 atom stereocenters. The lowest BCUT2D eigenvalue weighted by Crippen LogP contribution is -2.49. The van der Waals surface area contributed by atoms with E-state index in [-0.39, 0.29) is 12.5 Å². The molecule has 1 aromatic carbocycles. The van der Waals surface area contributed by atoms with Gasteiger partial charge in [0.1, 0.15) is 0 Å². The van der Waals surface area contributed by atoms with Crippen molar-refractivity contribution in [2.24, 2.45) is 0 Å². The number of hydrogen-bond acceptors (Lipinski definition) is 4. The van der Waals surface area contributed by atoms with Crippen molar-refractivity contribution < 1.29 is 9.90 Å². The third-order valence-corrected chi connectivity index (χ3v) is 4.81. The SMILES string of the molecule is O=C(CCSc1ccc(Cl)cc1)N1CCN(CCO)CC1. The molecule has 1 saturated heterocycles. The van der Waals surface area contributed by atoms with Gasteiger partial charge in [0.15, 0.2) is 0 Å². The Morgan fingerprint density at radius 1 is 1.19 bits per heavy atom. The number of thioether (sulfide) groups is 1. The van der Waals surface area contributed by atoms with Crippen molar-refractivity contribution in [2.45, 2.75) is 11.3 Å². The standard InChI is InChI=1S/C15H21ClN2O2S/c16-13-1-3-14(4-2-13)21-12-5-15(20)18-8-6-17(7-9-18)10-11-19/h1-4,19H,5-12H2. The molecule has 0 aromatic heterocycles. The molecule has 116 valence electrons. The summed E-state index contributed by atoms with van der Waals surface area (Å²) in [6, 6.07) is 7.69. The van der Waals surface area contributed by atoms with Crippen molar-refractivity contribution in [3.63, 3.8) is 0 Å². The number of aliphatic hydroxyl groups excluding tert-OH is 1. The van der Waals surface area contributed by atoms with Gasteiger partial charge in [-0.05, 0) is 24.3 Å². The van der Waals surface area contributed by atoms with Crippen LogP contribution in [-0.2, 0) is 4.79 Å². The van der Waals surface area contributed by atoms with Crippen molar-refractivity contribution in [3.8, 4) is 0 Å². The van der Waals surface area contributed by atoms with E-state index >= 15 is 0 Å². The smallest absolute Gasteiger partial charge is 0.223 e. The van der Waals surface area contributed by atoms with Crippen LogP contribution in [0, 0.1) is 0 Å². The van der Waals surface area contributed by atoms with Crippen LogP contribution in [0.4, 0.5) is 0 Å².